The summed E-state index contributed by atoms with van der Waals surface area (Å²) < 4.78 is 50.6. The van der Waals surface area contributed by atoms with Crippen LogP contribution in [-0.2, 0) is 10.6 Å². The van der Waals surface area contributed by atoms with Gasteiger partial charge in [0.1, 0.15) is 5.75 Å². The summed E-state index contributed by atoms with van der Waals surface area (Å²) in [7, 11) is 0.188. The molecule has 0 spiro atoms. The summed E-state index contributed by atoms with van der Waals surface area (Å²) in [6.07, 6.45) is -2.50. The molecule has 25 heavy (non-hydrogen) atoms. The second-order valence-corrected chi connectivity index (χ2v) is 11.0. The minimum absolute atomic E-state index is 0.203. The molecule has 0 N–H and O–H groups in total. The Balaban J connectivity index is 2.07. The molecule has 2 rings (SSSR count). The van der Waals surface area contributed by atoms with Crippen LogP contribution in [0.2, 0.25) is 11.6 Å². The van der Waals surface area contributed by atoms with Gasteiger partial charge in [-0.1, -0.05) is 20.8 Å². The number of halogens is 3. The van der Waals surface area contributed by atoms with Crippen LogP contribution in [0.25, 0.3) is 0 Å². The average molecular weight is 376 g/mol. The Bertz CT molecular complexity index is 579. The van der Waals surface area contributed by atoms with E-state index in [4.69, 9.17) is 9.16 Å². The van der Waals surface area contributed by atoms with Crippen molar-refractivity contribution in [2.45, 2.75) is 57.5 Å². The SMILES string of the molecule is COc1ccc(C(F)(F)F)cc1N1CCC(O[SiH](C)C(C)(C)C)CC1. The highest BCUT2D eigenvalue weighted by Crippen LogP contribution is 2.38. The standard InChI is InChI=1S/C18H28F3NO2Si/c1-17(2,3)25(5)24-14-8-10-22(11-9-14)15-12-13(18(19,20)21)6-7-16(15)23-4/h6-7,12,14,25H,8-11H2,1-5H3. The molecule has 0 amide bonds. The van der Waals surface area contributed by atoms with E-state index >= 15 is 0 Å². The van der Waals surface area contributed by atoms with Crippen LogP contribution in [0.4, 0.5) is 18.9 Å². The van der Waals surface area contributed by atoms with Gasteiger partial charge in [-0.05, 0) is 42.6 Å². The van der Waals surface area contributed by atoms with Crippen molar-refractivity contribution in [1.29, 1.82) is 0 Å². The number of alkyl halides is 3. The van der Waals surface area contributed by atoms with E-state index in [0.29, 0.717) is 24.5 Å². The molecule has 0 saturated carbocycles. The average Bonchev–Trinajstić information content (AvgIpc) is 2.53. The Kier molecular flexibility index (Phi) is 6.09. The van der Waals surface area contributed by atoms with Gasteiger partial charge in [0.15, 0.2) is 9.04 Å². The molecule has 1 atom stereocenters. The van der Waals surface area contributed by atoms with Gasteiger partial charge in [0.2, 0.25) is 0 Å². The number of rotatable bonds is 4. The van der Waals surface area contributed by atoms with Crippen molar-refractivity contribution >= 4 is 14.7 Å². The van der Waals surface area contributed by atoms with Gasteiger partial charge in [-0.3, -0.25) is 0 Å². The van der Waals surface area contributed by atoms with E-state index in [1.807, 2.05) is 4.90 Å². The molecule has 1 heterocycles. The fraction of sp³-hybridized carbons (Fsp3) is 0.667. The van der Waals surface area contributed by atoms with Crippen LogP contribution in [0, 0.1) is 0 Å². The summed E-state index contributed by atoms with van der Waals surface area (Å²) in [5, 5.41) is 0.210. The highest BCUT2D eigenvalue weighted by atomic mass is 28.3. The van der Waals surface area contributed by atoms with Crippen molar-refractivity contribution in [3.05, 3.63) is 23.8 Å². The van der Waals surface area contributed by atoms with Crippen molar-refractivity contribution in [2.24, 2.45) is 0 Å². The molecule has 142 valence electrons. The third-order valence-corrected chi connectivity index (χ3v) is 8.14. The van der Waals surface area contributed by atoms with Gasteiger partial charge in [-0.25, -0.2) is 0 Å². The van der Waals surface area contributed by atoms with Crippen LogP contribution in [0.5, 0.6) is 5.75 Å². The Hall–Kier alpha value is -1.21. The Morgan fingerprint density at radius 1 is 1.12 bits per heavy atom. The lowest BCUT2D eigenvalue weighted by Gasteiger charge is -2.37. The molecular weight excluding hydrogens is 347 g/mol. The van der Waals surface area contributed by atoms with E-state index in [9.17, 15) is 13.2 Å². The molecule has 7 heteroatoms. The van der Waals surface area contributed by atoms with Crippen molar-refractivity contribution in [3.8, 4) is 5.75 Å². The van der Waals surface area contributed by atoms with Gasteiger partial charge in [0, 0.05) is 19.2 Å². The second-order valence-electron chi connectivity index (χ2n) is 7.72. The molecule has 1 fully saturated rings. The number of benzene rings is 1. The van der Waals surface area contributed by atoms with E-state index in [0.717, 1.165) is 18.9 Å². The highest BCUT2D eigenvalue weighted by molar-refractivity contribution is 6.53. The van der Waals surface area contributed by atoms with E-state index in [1.54, 1.807) is 0 Å². The summed E-state index contributed by atoms with van der Waals surface area (Å²) >= 11 is 0. The quantitative estimate of drug-likeness (QED) is 0.702. The second kappa shape index (κ2) is 7.58. The van der Waals surface area contributed by atoms with Crippen LogP contribution in [0.1, 0.15) is 39.2 Å². The lowest BCUT2D eigenvalue weighted by molar-refractivity contribution is -0.137. The molecule has 3 nitrogen and oxygen atoms in total. The van der Waals surface area contributed by atoms with Crippen LogP contribution in [-0.4, -0.2) is 35.3 Å². The maximum Gasteiger partial charge on any atom is 0.416 e. The van der Waals surface area contributed by atoms with Crippen LogP contribution in [0.3, 0.4) is 0 Å². The summed E-state index contributed by atoms with van der Waals surface area (Å²) in [5.74, 6) is 0.477. The summed E-state index contributed by atoms with van der Waals surface area (Å²) in [4.78, 5) is 1.97. The molecule has 0 radical (unpaired) electrons. The van der Waals surface area contributed by atoms with E-state index < -0.39 is 20.8 Å². The van der Waals surface area contributed by atoms with E-state index in [1.165, 1.54) is 19.2 Å². The lowest BCUT2D eigenvalue weighted by Crippen LogP contribution is -2.40. The normalized spacial score (nSPS) is 18.3. The van der Waals surface area contributed by atoms with Crippen molar-refractivity contribution in [2.75, 3.05) is 25.1 Å². The molecular formula is C18H28F3NO2Si. The predicted octanol–water partition coefficient (Wildman–Crippen LogP) is 4.85. The first-order chi connectivity index (χ1) is 11.5. The minimum atomic E-state index is -4.35. The largest absolute Gasteiger partial charge is 0.495 e. The number of nitrogens with zero attached hydrogens (tertiary/aromatic N) is 1. The summed E-state index contributed by atoms with van der Waals surface area (Å²) in [6, 6.07) is 3.65. The smallest absolute Gasteiger partial charge is 0.416 e. The maximum atomic E-state index is 13.0. The number of methoxy groups -OCH3 is 1. The Morgan fingerprint density at radius 2 is 1.72 bits per heavy atom. The number of ether oxygens (including phenoxy) is 1. The van der Waals surface area contributed by atoms with Gasteiger partial charge in [0.25, 0.3) is 0 Å². The van der Waals surface area contributed by atoms with Gasteiger partial charge >= 0.3 is 6.18 Å². The van der Waals surface area contributed by atoms with E-state index in [-0.39, 0.29) is 11.1 Å². The first-order valence-electron chi connectivity index (χ1n) is 8.68. The molecule has 0 aliphatic carbocycles. The van der Waals surface area contributed by atoms with E-state index in [2.05, 4.69) is 27.3 Å². The maximum absolute atomic E-state index is 13.0. The summed E-state index contributed by atoms with van der Waals surface area (Å²) in [6.45, 7) is 10.2. The molecule has 1 saturated heterocycles. The highest BCUT2D eigenvalue weighted by Gasteiger charge is 2.33. The molecule has 0 aromatic heterocycles. The van der Waals surface area contributed by atoms with Crippen LogP contribution < -0.4 is 9.64 Å². The molecule has 1 unspecified atom stereocenters. The monoisotopic (exact) mass is 375 g/mol. The number of hydrogen-bond acceptors (Lipinski definition) is 3. The first kappa shape index (κ1) is 20.1. The molecule has 1 aliphatic rings. The predicted molar refractivity (Wildman–Crippen MR) is 97.0 cm³/mol. The Labute approximate surface area is 149 Å². The molecule has 1 aromatic rings. The van der Waals surface area contributed by atoms with Crippen LogP contribution >= 0.6 is 0 Å². The Morgan fingerprint density at radius 3 is 2.20 bits per heavy atom. The van der Waals surface area contributed by atoms with Gasteiger partial charge in [0.05, 0.1) is 18.4 Å². The fourth-order valence-electron chi connectivity index (χ4n) is 2.84. The number of piperidine rings is 1. The topological polar surface area (TPSA) is 21.7 Å². The molecule has 1 aromatic carbocycles. The number of anilines is 1. The third-order valence-electron chi connectivity index (χ3n) is 4.91. The molecule has 0 bridgehead atoms. The van der Waals surface area contributed by atoms with Crippen molar-refractivity contribution < 1.29 is 22.3 Å². The zero-order valence-corrected chi connectivity index (χ0v) is 16.8. The number of hydrogen-bond donors (Lipinski definition) is 0. The van der Waals surface area contributed by atoms with Crippen LogP contribution in [0.15, 0.2) is 18.2 Å². The third kappa shape index (κ3) is 5.14. The lowest BCUT2D eigenvalue weighted by atomic mass is 10.1. The van der Waals surface area contributed by atoms with Crippen molar-refractivity contribution in [3.63, 3.8) is 0 Å². The zero-order chi connectivity index (χ0) is 18.8. The van der Waals surface area contributed by atoms with Gasteiger partial charge in [-0.2, -0.15) is 13.2 Å². The molecule has 1 aliphatic heterocycles. The zero-order valence-electron chi connectivity index (χ0n) is 15.6. The minimum Gasteiger partial charge on any atom is -0.495 e. The fourth-order valence-corrected chi connectivity index (χ4v) is 4.10. The van der Waals surface area contributed by atoms with Gasteiger partial charge < -0.3 is 14.1 Å². The van der Waals surface area contributed by atoms with Crippen molar-refractivity contribution in [1.82, 2.24) is 0 Å². The van der Waals surface area contributed by atoms with Gasteiger partial charge in [-0.15, -0.1) is 0 Å². The summed E-state index contributed by atoms with van der Waals surface area (Å²) in [5.41, 5.74) is -0.132. The first-order valence-corrected chi connectivity index (χ1v) is 10.9.